The monoisotopic (exact) mass is 270 g/mol. The van der Waals surface area contributed by atoms with Crippen LogP contribution in [0.15, 0.2) is 0 Å². The molecule has 1 aliphatic heterocycles. The Balaban J connectivity index is 2.10. The summed E-state index contributed by atoms with van der Waals surface area (Å²) in [6, 6.07) is 0. The van der Waals surface area contributed by atoms with E-state index < -0.39 is 17.8 Å². The second kappa shape index (κ2) is 7.50. The minimum atomic E-state index is -0.585. The molecule has 7 heteroatoms. The minimum absolute atomic E-state index is 0.0965. The molecule has 0 radical (unpaired) electrons. The zero-order chi connectivity index (χ0) is 14.3. The number of nitrogens with zero attached hydrogens (tertiary/aromatic N) is 1. The molecule has 1 saturated heterocycles. The molecule has 1 fully saturated rings. The molecule has 0 saturated carbocycles. The van der Waals surface area contributed by atoms with Crippen LogP contribution in [0.4, 0.5) is 0 Å². The van der Waals surface area contributed by atoms with Crippen molar-refractivity contribution in [1.29, 1.82) is 0 Å². The van der Waals surface area contributed by atoms with E-state index in [9.17, 15) is 19.2 Å². The molecule has 3 amide bonds. The summed E-state index contributed by atoms with van der Waals surface area (Å²) in [7, 11) is 0. The predicted octanol–water partition coefficient (Wildman–Crippen LogP) is 0.419. The molecule has 0 atom stereocenters. The molecule has 1 rings (SSSR count). The molecule has 0 spiro atoms. The number of hydroxylamine groups is 2. The predicted molar refractivity (Wildman–Crippen MR) is 64.1 cm³/mol. The van der Waals surface area contributed by atoms with Crippen LogP contribution in [0.3, 0.4) is 0 Å². The van der Waals surface area contributed by atoms with Gasteiger partial charge in [-0.1, -0.05) is 12.8 Å². The lowest BCUT2D eigenvalue weighted by atomic mass is 10.1. The molecule has 0 unspecified atom stereocenters. The summed E-state index contributed by atoms with van der Waals surface area (Å²) in [6.45, 7) is 0. The van der Waals surface area contributed by atoms with Crippen molar-refractivity contribution in [2.24, 2.45) is 5.73 Å². The summed E-state index contributed by atoms with van der Waals surface area (Å²) in [6.07, 6.45) is 3.55. The van der Waals surface area contributed by atoms with E-state index in [-0.39, 0.29) is 25.2 Å². The third-order valence-electron chi connectivity index (χ3n) is 2.75. The number of nitrogens with two attached hydrogens (primary N) is 1. The van der Waals surface area contributed by atoms with Gasteiger partial charge in [-0.15, -0.1) is 5.06 Å². The van der Waals surface area contributed by atoms with Gasteiger partial charge in [0.1, 0.15) is 0 Å². The standard InChI is InChI=1S/C12H18N2O5/c13-9(15)5-3-1-2-4-6-12(18)19-14-10(16)7-8-11(14)17/h1-8H2,(H2,13,15). The van der Waals surface area contributed by atoms with Gasteiger partial charge < -0.3 is 10.6 Å². The minimum Gasteiger partial charge on any atom is -0.370 e. The number of imide groups is 1. The van der Waals surface area contributed by atoms with E-state index >= 15 is 0 Å². The average molecular weight is 270 g/mol. The highest BCUT2D eigenvalue weighted by Crippen LogP contribution is 2.13. The van der Waals surface area contributed by atoms with Crippen molar-refractivity contribution in [3.63, 3.8) is 0 Å². The maximum Gasteiger partial charge on any atom is 0.333 e. The summed E-state index contributed by atoms with van der Waals surface area (Å²) in [5.74, 6) is -1.86. The summed E-state index contributed by atoms with van der Waals surface area (Å²) >= 11 is 0. The topological polar surface area (TPSA) is 107 Å². The van der Waals surface area contributed by atoms with Gasteiger partial charge in [0.05, 0.1) is 0 Å². The third kappa shape index (κ3) is 5.50. The quantitative estimate of drug-likeness (QED) is 0.508. The number of unbranched alkanes of at least 4 members (excludes halogenated alkanes) is 3. The maximum absolute atomic E-state index is 11.4. The van der Waals surface area contributed by atoms with Crippen molar-refractivity contribution < 1.29 is 24.0 Å². The molecule has 7 nitrogen and oxygen atoms in total. The van der Waals surface area contributed by atoms with Crippen LogP contribution in [0, 0.1) is 0 Å². The summed E-state index contributed by atoms with van der Waals surface area (Å²) in [5, 5.41) is 0.551. The Labute approximate surface area is 111 Å². The van der Waals surface area contributed by atoms with Crippen LogP contribution >= 0.6 is 0 Å². The van der Waals surface area contributed by atoms with E-state index in [1.165, 1.54) is 0 Å². The zero-order valence-electron chi connectivity index (χ0n) is 10.7. The van der Waals surface area contributed by atoms with Crippen molar-refractivity contribution in [3.8, 4) is 0 Å². The Kier molecular flexibility index (Phi) is 5.98. The third-order valence-corrected chi connectivity index (χ3v) is 2.75. The summed E-state index contributed by atoms with van der Waals surface area (Å²) in [5.41, 5.74) is 4.99. The van der Waals surface area contributed by atoms with Crippen LogP contribution in [0.5, 0.6) is 0 Å². The Morgan fingerprint density at radius 3 is 2.05 bits per heavy atom. The number of hydrogen-bond acceptors (Lipinski definition) is 5. The molecule has 0 aromatic heterocycles. The van der Waals surface area contributed by atoms with Crippen LogP contribution in [-0.4, -0.2) is 28.8 Å². The molecular weight excluding hydrogens is 252 g/mol. The van der Waals surface area contributed by atoms with Gasteiger partial charge >= 0.3 is 5.97 Å². The van der Waals surface area contributed by atoms with Gasteiger partial charge in [0.2, 0.25) is 5.91 Å². The van der Waals surface area contributed by atoms with Gasteiger partial charge in [0.25, 0.3) is 11.8 Å². The van der Waals surface area contributed by atoms with Gasteiger partial charge in [-0.2, -0.15) is 0 Å². The molecule has 2 N–H and O–H groups in total. The highest BCUT2D eigenvalue weighted by atomic mass is 16.7. The molecular formula is C12H18N2O5. The van der Waals surface area contributed by atoms with E-state index in [4.69, 9.17) is 10.6 Å². The first-order valence-electron chi connectivity index (χ1n) is 6.35. The summed E-state index contributed by atoms with van der Waals surface area (Å²) in [4.78, 5) is 48.9. The number of carbonyl (C=O) groups is 4. The molecule has 1 heterocycles. The normalized spacial score (nSPS) is 14.8. The van der Waals surface area contributed by atoms with E-state index in [2.05, 4.69) is 0 Å². The van der Waals surface area contributed by atoms with Crippen LogP contribution in [0.1, 0.15) is 51.4 Å². The molecule has 0 bridgehead atoms. The van der Waals surface area contributed by atoms with E-state index in [1.807, 2.05) is 0 Å². The van der Waals surface area contributed by atoms with Crippen LogP contribution in [-0.2, 0) is 24.0 Å². The fourth-order valence-electron chi connectivity index (χ4n) is 1.73. The van der Waals surface area contributed by atoms with Gasteiger partial charge in [0, 0.05) is 25.7 Å². The van der Waals surface area contributed by atoms with Crippen LogP contribution in [0.2, 0.25) is 0 Å². The second-order valence-corrected chi connectivity index (χ2v) is 4.43. The molecule has 19 heavy (non-hydrogen) atoms. The fourth-order valence-corrected chi connectivity index (χ4v) is 1.73. The van der Waals surface area contributed by atoms with Crippen molar-refractivity contribution >= 4 is 23.7 Å². The smallest absolute Gasteiger partial charge is 0.333 e. The first-order valence-corrected chi connectivity index (χ1v) is 6.35. The Bertz CT molecular complexity index is 364. The largest absolute Gasteiger partial charge is 0.370 e. The summed E-state index contributed by atoms with van der Waals surface area (Å²) < 4.78 is 0. The van der Waals surface area contributed by atoms with E-state index in [1.54, 1.807) is 0 Å². The van der Waals surface area contributed by atoms with Crippen LogP contribution in [0.25, 0.3) is 0 Å². The highest BCUT2D eigenvalue weighted by Gasteiger charge is 2.32. The highest BCUT2D eigenvalue weighted by molar-refractivity contribution is 6.01. The number of primary amides is 1. The second-order valence-electron chi connectivity index (χ2n) is 4.43. The van der Waals surface area contributed by atoms with Gasteiger partial charge in [0.15, 0.2) is 0 Å². The zero-order valence-corrected chi connectivity index (χ0v) is 10.7. The van der Waals surface area contributed by atoms with Crippen molar-refractivity contribution in [2.45, 2.75) is 51.4 Å². The number of amides is 3. The van der Waals surface area contributed by atoms with Crippen molar-refractivity contribution in [2.75, 3.05) is 0 Å². The number of rotatable bonds is 8. The lowest BCUT2D eigenvalue weighted by Crippen LogP contribution is -2.31. The Hall–Kier alpha value is -1.92. The van der Waals surface area contributed by atoms with Crippen molar-refractivity contribution in [3.05, 3.63) is 0 Å². The SMILES string of the molecule is NC(=O)CCCCCCC(=O)ON1C(=O)CCC1=O. The van der Waals surface area contributed by atoms with Crippen molar-refractivity contribution in [1.82, 2.24) is 5.06 Å². The molecule has 0 aromatic carbocycles. The number of carbonyl (C=O) groups excluding carboxylic acids is 4. The average Bonchev–Trinajstić information content (AvgIpc) is 2.65. The fraction of sp³-hybridized carbons (Fsp3) is 0.667. The van der Waals surface area contributed by atoms with E-state index in [0.29, 0.717) is 24.3 Å². The molecule has 1 aliphatic rings. The first-order chi connectivity index (χ1) is 9.00. The lowest BCUT2D eigenvalue weighted by Gasteiger charge is -2.12. The van der Waals surface area contributed by atoms with Gasteiger partial charge in [-0.3, -0.25) is 14.4 Å². The lowest BCUT2D eigenvalue weighted by molar-refractivity contribution is -0.197. The molecule has 0 aromatic rings. The maximum atomic E-state index is 11.4. The molecule has 106 valence electrons. The van der Waals surface area contributed by atoms with Gasteiger partial charge in [-0.25, -0.2) is 4.79 Å². The van der Waals surface area contributed by atoms with E-state index in [0.717, 1.165) is 12.8 Å². The Morgan fingerprint density at radius 2 is 1.53 bits per heavy atom. The van der Waals surface area contributed by atoms with Crippen LogP contribution < -0.4 is 5.73 Å². The Morgan fingerprint density at radius 1 is 1.00 bits per heavy atom. The molecule has 0 aliphatic carbocycles. The first kappa shape index (κ1) is 15.1. The van der Waals surface area contributed by atoms with Gasteiger partial charge in [-0.05, 0) is 12.8 Å². The number of hydrogen-bond donors (Lipinski definition) is 1.